The Balaban J connectivity index is 1.40. The molecule has 0 radical (unpaired) electrons. The largest absolute Gasteiger partial charge is 0.451 e. The van der Waals surface area contributed by atoms with Crippen LogP contribution in [0.25, 0.3) is 28.0 Å². The second-order valence-corrected chi connectivity index (χ2v) is 7.69. The number of furan rings is 1. The molecule has 6 nitrogen and oxygen atoms in total. The number of nitrogens with one attached hydrogen (secondary N) is 1. The van der Waals surface area contributed by atoms with Crippen molar-refractivity contribution in [1.29, 1.82) is 0 Å². The summed E-state index contributed by atoms with van der Waals surface area (Å²) in [6.45, 7) is 1.87. The first-order chi connectivity index (χ1) is 15.5. The first kappa shape index (κ1) is 20.0. The molecule has 0 unspecified atom stereocenters. The van der Waals surface area contributed by atoms with Gasteiger partial charge in [0.15, 0.2) is 5.76 Å². The van der Waals surface area contributed by atoms with Gasteiger partial charge in [-0.1, -0.05) is 23.7 Å². The van der Waals surface area contributed by atoms with Gasteiger partial charge in [-0.15, -0.1) is 10.2 Å². The molecule has 32 heavy (non-hydrogen) atoms. The number of rotatable bonds is 4. The Morgan fingerprint density at radius 1 is 1.00 bits per heavy atom. The Kier molecular flexibility index (Phi) is 4.95. The Labute approximate surface area is 187 Å². The van der Waals surface area contributed by atoms with Crippen molar-refractivity contribution in [2.45, 2.75) is 6.92 Å². The minimum atomic E-state index is -0.383. The molecule has 0 spiro atoms. The van der Waals surface area contributed by atoms with E-state index in [0.29, 0.717) is 33.2 Å². The third kappa shape index (κ3) is 3.86. The number of aromatic nitrogens is 3. The molecular formula is C24H16ClFN4O2. The predicted molar refractivity (Wildman–Crippen MR) is 121 cm³/mol. The summed E-state index contributed by atoms with van der Waals surface area (Å²) in [4.78, 5) is 14.2. The zero-order chi connectivity index (χ0) is 22.2. The highest BCUT2D eigenvalue weighted by Crippen LogP contribution is 2.26. The highest BCUT2D eigenvalue weighted by Gasteiger charge is 2.15. The first-order valence-corrected chi connectivity index (χ1v) is 10.1. The molecule has 5 aromatic rings. The number of hydrogen-bond acceptors (Lipinski definition) is 4. The van der Waals surface area contributed by atoms with Crippen LogP contribution in [0.4, 0.5) is 10.1 Å². The molecule has 5 rings (SSSR count). The highest BCUT2D eigenvalue weighted by atomic mass is 35.5. The number of anilines is 1. The number of fused-ring (bicyclic) bond motifs is 1. The summed E-state index contributed by atoms with van der Waals surface area (Å²) < 4.78 is 18.9. The van der Waals surface area contributed by atoms with Gasteiger partial charge in [-0.05, 0) is 73.2 Å². The number of nitrogens with zero attached hydrogens (tertiary/aromatic N) is 3. The highest BCUT2D eigenvalue weighted by molar-refractivity contribution is 6.30. The van der Waals surface area contributed by atoms with Gasteiger partial charge in [-0.25, -0.2) is 4.39 Å². The zero-order valence-electron chi connectivity index (χ0n) is 16.8. The summed E-state index contributed by atoms with van der Waals surface area (Å²) in [5.74, 6) is 0.0101. The lowest BCUT2D eigenvalue weighted by Gasteiger charge is -2.06. The first-order valence-electron chi connectivity index (χ1n) is 9.77. The van der Waals surface area contributed by atoms with Gasteiger partial charge >= 0.3 is 0 Å². The van der Waals surface area contributed by atoms with Crippen molar-refractivity contribution < 1.29 is 13.6 Å². The van der Waals surface area contributed by atoms with E-state index >= 15 is 0 Å². The third-order valence-electron chi connectivity index (χ3n) is 4.97. The summed E-state index contributed by atoms with van der Waals surface area (Å²) in [5, 5.41) is 12.3. The van der Waals surface area contributed by atoms with E-state index in [2.05, 4.69) is 15.5 Å². The maximum absolute atomic E-state index is 13.2. The lowest BCUT2D eigenvalue weighted by atomic mass is 10.1. The van der Waals surface area contributed by atoms with Crippen LogP contribution in [0.1, 0.15) is 16.1 Å². The molecule has 1 N–H and O–H groups in total. The molecule has 0 aliphatic heterocycles. The van der Waals surface area contributed by atoms with Crippen molar-refractivity contribution in [2.24, 2.45) is 0 Å². The fourth-order valence-electron chi connectivity index (χ4n) is 3.33. The van der Waals surface area contributed by atoms with Crippen LogP contribution in [-0.2, 0) is 0 Å². The quantitative estimate of drug-likeness (QED) is 0.365. The van der Waals surface area contributed by atoms with E-state index in [9.17, 15) is 9.18 Å². The van der Waals surface area contributed by atoms with E-state index < -0.39 is 0 Å². The second-order valence-electron chi connectivity index (χ2n) is 7.25. The van der Waals surface area contributed by atoms with Crippen LogP contribution in [0.15, 0.2) is 77.2 Å². The van der Waals surface area contributed by atoms with Crippen LogP contribution in [0, 0.1) is 12.7 Å². The van der Waals surface area contributed by atoms with Crippen molar-refractivity contribution in [3.05, 3.63) is 95.0 Å². The van der Waals surface area contributed by atoms with E-state index in [-0.39, 0.29) is 17.5 Å². The SMILES string of the molecule is Cc1cc2nn(-c3ccc(F)cc3)nc2cc1NC(=O)c1ccc(-c2cccc(Cl)c2)o1. The average molecular weight is 447 g/mol. The lowest BCUT2D eigenvalue weighted by Crippen LogP contribution is -2.11. The summed E-state index contributed by atoms with van der Waals surface area (Å²) >= 11 is 6.03. The van der Waals surface area contributed by atoms with Crippen molar-refractivity contribution in [1.82, 2.24) is 15.0 Å². The molecule has 2 heterocycles. The Hall–Kier alpha value is -3.97. The monoisotopic (exact) mass is 446 g/mol. The molecule has 8 heteroatoms. The molecule has 0 atom stereocenters. The number of aryl methyl sites for hydroxylation is 1. The average Bonchev–Trinajstić information content (AvgIpc) is 3.42. The van der Waals surface area contributed by atoms with Crippen LogP contribution in [0.2, 0.25) is 5.02 Å². The molecule has 2 aromatic heterocycles. The van der Waals surface area contributed by atoms with Crippen LogP contribution in [-0.4, -0.2) is 20.9 Å². The molecule has 0 aliphatic rings. The van der Waals surface area contributed by atoms with Gasteiger partial charge in [-0.3, -0.25) is 4.79 Å². The van der Waals surface area contributed by atoms with Gasteiger partial charge in [0.25, 0.3) is 5.91 Å². The van der Waals surface area contributed by atoms with Crippen molar-refractivity contribution in [3.8, 4) is 17.0 Å². The number of benzene rings is 3. The van der Waals surface area contributed by atoms with Gasteiger partial charge in [-0.2, -0.15) is 4.80 Å². The maximum Gasteiger partial charge on any atom is 0.291 e. The Morgan fingerprint density at radius 2 is 1.75 bits per heavy atom. The van der Waals surface area contributed by atoms with Crippen molar-refractivity contribution >= 4 is 34.2 Å². The molecular weight excluding hydrogens is 431 g/mol. The Morgan fingerprint density at radius 3 is 2.50 bits per heavy atom. The van der Waals surface area contributed by atoms with Crippen molar-refractivity contribution in [3.63, 3.8) is 0 Å². The minimum Gasteiger partial charge on any atom is -0.451 e. The fourth-order valence-corrected chi connectivity index (χ4v) is 3.52. The molecule has 0 fully saturated rings. The van der Waals surface area contributed by atoms with Gasteiger partial charge in [0.05, 0.1) is 5.69 Å². The summed E-state index contributed by atoms with van der Waals surface area (Å²) in [6, 6.07) is 20.0. The third-order valence-corrected chi connectivity index (χ3v) is 5.21. The van der Waals surface area contributed by atoms with E-state index in [1.807, 2.05) is 25.1 Å². The summed E-state index contributed by atoms with van der Waals surface area (Å²) in [7, 11) is 0. The topological polar surface area (TPSA) is 73.0 Å². The van der Waals surface area contributed by atoms with Gasteiger partial charge in [0.1, 0.15) is 22.6 Å². The minimum absolute atomic E-state index is 0.175. The number of carbonyl (C=O) groups is 1. The molecule has 3 aromatic carbocycles. The van der Waals surface area contributed by atoms with E-state index in [1.165, 1.54) is 16.9 Å². The van der Waals surface area contributed by atoms with Crippen molar-refractivity contribution in [2.75, 3.05) is 5.32 Å². The molecule has 0 saturated carbocycles. The van der Waals surface area contributed by atoms with E-state index in [4.69, 9.17) is 16.0 Å². The maximum atomic E-state index is 13.2. The van der Waals surface area contributed by atoms with Gasteiger partial charge in [0, 0.05) is 16.3 Å². The zero-order valence-corrected chi connectivity index (χ0v) is 17.6. The molecule has 158 valence electrons. The summed E-state index contributed by atoms with van der Waals surface area (Å²) in [6.07, 6.45) is 0. The Bertz CT molecular complexity index is 1460. The van der Waals surface area contributed by atoms with Crippen LogP contribution in [0.3, 0.4) is 0 Å². The molecule has 1 amide bonds. The summed E-state index contributed by atoms with van der Waals surface area (Å²) in [5.41, 5.74) is 4.08. The van der Waals surface area contributed by atoms with Gasteiger partial charge in [0.2, 0.25) is 0 Å². The smallest absolute Gasteiger partial charge is 0.291 e. The molecule has 0 saturated heterocycles. The lowest BCUT2D eigenvalue weighted by molar-refractivity contribution is 0.0997. The number of hydrogen-bond donors (Lipinski definition) is 1. The molecule has 0 aliphatic carbocycles. The van der Waals surface area contributed by atoms with E-state index in [1.54, 1.807) is 42.5 Å². The van der Waals surface area contributed by atoms with Gasteiger partial charge < -0.3 is 9.73 Å². The number of halogens is 2. The standard InChI is InChI=1S/C24H16ClFN4O2/c1-14-11-20-21(29-30(28-20)18-7-5-17(26)6-8-18)13-19(14)27-24(31)23-10-9-22(32-23)15-3-2-4-16(25)12-15/h2-13H,1H3,(H,27,31). The molecule has 0 bridgehead atoms. The normalized spacial score (nSPS) is 11.1. The fraction of sp³-hybridized carbons (Fsp3) is 0.0417. The second kappa shape index (κ2) is 7.94. The number of amides is 1. The van der Waals surface area contributed by atoms with Crippen LogP contribution >= 0.6 is 11.6 Å². The predicted octanol–water partition coefficient (Wildman–Crippen LogP) is 6.03. The van der Waals surface area contributed by atoms with E-state index in [0.717, 1.165) is 11.1 Å². The van der Waals surface area contributed by atoms with Crippen LogP contribution in [0.5, 0.6) is 0 Å². The van der Waals surface area contributed by atoms with Crippen LogP contribution < -0.4 is 5.32 Å². The number of carbonyl (C=O) groups excluding carboxylic acids is 1.